The molecule has 0 aliphatic carbocycles. The number of carbonyl (C=O) groups is 1. The first-order chi connectivity index (χ1) is 9.35. The van der Waals surface area contributed by atoms with E-state index < -0.39 is 5.60 Å². The number of morpholine rings is 1. The summed E-state index contributed by atoms with van der Waals surface area (Å²) in [6.07, 6.45) is -0.380. The van der Waals surface area contributed by atoms with Gasteiger partial charge in [0, 0.05) is 11.0 Å². The van der Waals surface area contributed by atoms with Crippen LogP contribution in [-0.2, 0) is 9.47 Å². The lowest BCUT2D eigenvalue weighted by atomic mass is 10.1. The van der Waals surface area contributed by atoms with Crippen molar-refractivity contribution in [2.45, 2.75) is 32.5 Å². The zero-order valence-electron chi connectivity index (χ0n) is 12.1. The maximum Gasteiger partial charge on any atom is 0.410 e. The minimum atomic E-state index is -0.472. The molecule has 1 atom stereocenters. The van der Waals surface area contributed by atoms with Gasteiger partial charge in [0.1, 0.15) is 11.7 Å². The largest absolute Gasteiger partial charge is 0.444 e. The van der Waals surface area contributed by atoms with Crippen LogP contribution in [0, 0.1) is 0 Å². The van der Waals surface area contributed by atoms with Crippen molar-refractivity contribution >= 4 is 22.0 Å². The van der Waals surface area contributed by atoms with E-state index in [2.05, 4.69) is 15.9 Å². The third-order valence-electron chi connectivity index (χ3n) is 2.94. The molecule has 1 aromatic rings. The molecule has 0 aromatic heterocycles. The first kappa shape index (κ1) is 15.3. The Kier molecular flexibility index (Phi) is 4.70. The van der Waals surface area contributed by atoms with Crippen molar-refractivity contribution in [2.24, 2.45) is 0 Å². The Labute approximate surface area is 128 Å². The lowest BCUT2D eigenvalue weighted by Gasteiger charge is -2.34. The van der Waals surface area contributed by atoms with Gasteiger partial charge in [-0.2, -0.15) is 0 Å². The van der Waals surface area contributed by atoms with Crippen molar-refractivity contribution in [2.75, 3.05) is 19.7 Å². The quantitative estimate of drug-likeness (QED) is 0.780. The molecule has 4 nitrogen and oxygen atoms in total. The predicted octanol–water partition coefficient (Wildman–Crippen LogP) is 3.76. The predicted molar refractivity (Wildman–Crippen MR) is 80.6 cm³/mol. The standard InChI is InChI=1S/C15H20BrNO3/c1-15(2,3)20-14(18)17-7-8-19-13(10-17)11-5-4-6-12(16)9-11/h4-6,9,13H,7-8,10H2,1-3H3. The van der Waals surface area contributed by atoms with E-state index >= 15 is 0 Å². The van der Waals surface area contributed by atoms with Gasteiger partial charge in [0.05, 0.1) is 13.2 Å². The molecule has 1 amide bonds. The van der Waals surface area contributed by atoms with Gasteiger partial charge in [-0.15, -0.1) is 0 Å². The van der Waals surface area contributed by atoms with E-state index in [9.17, 15) is 4.79 Å². The van der Waals surface area contributed by atoms with E-state index in [1.165, 1.54) is 0 Å². The number of nitrogens with zero attached hydrogens (tertiary/aromatic N) is 1. The highest BCUT2D eigenvalue weighted by atomic mass is 79.9. The zero-order valence-corrected chi connectivity index (χ0v) is 13.6. The molecule has 5 heteroatoms. The van der Waals surface area contributed by atoms with E-state index in [0.29, 0.717) is 19.7 Å². The summed E-state index contributed by atoms with van der Waals surface area (Å²) in [4.78, 5) is 13.8. The van der Waals surface area contributed by atoms with Crippen molar-refractivity contribution in [3.8, 4) is 0 Å². The highest BCUT2D eigenvalue weighted by molar-refractivity contribution is 9.10. The number of benzene rings is 1. The van der Waals surface area contributed by atoms with Crippen molar-refractivity contribution in [3.63, 3.8) is 0 Å². The monoisotopic (exact) mass is 341 g/mol. The maximum atomic E-state index is 12.1. The number of ether oxygens (including phenoxy) is 2. The van der Waals surface area contributed by atoms with E-state index in [1.54, 1.807) is 4.90 Å². The second-order valence-corrected chi connectivity index (χ2v) is 6.76. The average molecular weight is 342 g/mol. The van der Waals surface area contributed by atoms with Gasteiger partial charge in [-0.1, -0.05) is 28.1 Å². The summed E-state index contributed by atoms with van der Waals surface area (Å²) >= 11 is 3.45. The molecule has 1 aliphatic heterocycles. The van der Waals surface area contributed by atoms with Gasteiger partial charge in [0.25, 0.3) is 0 Å². The number of amides is 1. The second kappa shape index (κ2) is 6.14. The lowest BCUT2D eigenvalue weighted by molar-refractivity contribution is -0.0433. The molecule has 1 aromatic carbocycles. The zero-order chi connectivity index (χ0) is 14.8. The summed E-state index contributed by atoms with van der Waals surface area (Å²) in [5.74, 6) is 0. The van der Waals surface area contributed by atoms with E-state index in [1.807, 2.05) is 45.0 Å². The molecular formula is C15H20BrNO3. The number of halogens is 1. The Morgan fingerprint density at radius 1 is 1.45 bits per heavy atom. The summed E-state index contributed by atoms with van der Waals surface area (Å²) in [5.41, 5.74) is 0.591. The SMILES string of the molecule is CC(C)(C)OC(=O)N1CCOC(c2cccc(Br)c2)C1. The molecule has 0 radical (unpaired) electrons. The molecule has 20 heavy (non-hydrogen) atoms. The fraction of sp³-hybridized carbons (Fsp3) is 0.533. The number of carbonyl (C=O) groups excluding carboxylic acids is 1. The van der Waals surface area contributed by atoms with Crippen molar-refractivity contribution in [1.29, 1.82) is 0 Å². The lowest BCUT2D eigenvalue weighted by Crippen LogP contribution is -2.44. The Morgan fingerprint density at radius 3 is 2.85 bits per heavy atom. The minimum Gasteiger partial charge on any atom is -0.444 e. The Hall–Kier alpha value is -1.07. The number of hydrogen-bond acceptors (Lipinski definition) is 3. The van der Waals surface area contributed by atoms with Crippen molar-refractivity contribution < 1.29 is 14.3 Å². The maximum absolute atomic E-state index is 12.1. The van der Waals surface area contributed by atoms with Gasteiger partial charge >= 0.3 is 6.09 Å². The molecule has 0 N–H and O–H groups in total. The summed E-state index contributed by atoms with van der Waals surface area (Å²) in [7, 11) is 0. The van der Waals surface area contributed by atoms with Gasteiger partial charge in [-0.25, -0.2) is 4.79 Å². The Balaban J connectivity index is 2.03. The van der Waals surface area contributed by atoms with Gasteiger partial charge < -0.3 is 14.4 Å². The summed E-state index contributed by atoms with van der Waals surface area (Å²) in [5, 5.41) is 0. The van der Waals surface area contributed by atoms with Crippen LogP contribution in [0.25, 0.3) is 0 Å². The normalized spacial score (nSPS) is 19.8. The molecule has 110 valence electrons. The van der Waals surface area contributed by atoms with Crippen LogP contribution >= 0.6 is 15.9 Å². The van der Waals surface area contributed by atoms with Crippen molar-refractivity contribution in [1.82, 2.24) is 4.90 Å². The molecule has 1 unspecified atom stereocenters. The van der Waals surface area contributed by atoms with Crippen LogP contribution in [0.15, 0.2) is 28.7 Å². The Bertz CT molecular complexity index is 484. The average Bonchev–Trinajstić information content (AvgIpc) is 2.37. The van der Waals surface area contributed by atoms with Crippen LogP contribution in [-0.4, -0.2) is 36.3 Å². The van der Waals surface area contributed by atoms with Gasteiger partial charge in [-0.3, -0.25) is 0 Å². The fourth-order valence-electron chi connectivity index (χ4n) is 2.05. The summed E-state index contributed by atoms with van der Waals surface area (Å²) in [6.45, 7) is 7.23. The molecule has 1 aliphatic rings. The minimum absolute atomic E-state index is 0.103. The third kappa shape index (κ3) is 4.21. The Morgan fingerprint density at radius 2 is 2.20 bits per heavy atom. The molecule has 2 rings (SSSR count). The second-order valence-electron chi connectivity index (χ2n) is 5.84. The van der Waals surface area contributed by atoms with Gasteiger partial charge in [0.2, 0.25) is 0 Å². The number of rotatable bonds is 1. The fourth-order valence-corrected chi connectivity index (χ4v) is 2.47. The highest BCUT2D eigenvalue weighted by Gasteiger charge is 2.28. The smallest absolute Gasteiger partial charge is 0.410 e. The first-order valence-corrected chi connectivity index (χ1v) is 7.49. The van der Waals surface area contributed by atoms with Gasteiger partial charge in [-0.05, 0) is 38.5 Å². The van der Waals surface area contributed by atoms with Crippen LogP contribution in [0.5, 0.6) is 0 Å². The summed E-state index contributed by atoms with van der Waals surface area (Å²) in [6, 6.07) is 7.96. The van der Waals surface area contributed by atoms with Crippen LogP contribution in [0.2, 0.25) is 0 Å². The highest BCUT2D eigenvalue weighted by Crippen LogP contribution is 2.25. The molecule has 0 spiro atoms. The van der Waals surface area contributed by atoms with Crippen LogP contribution in [0.3, 0.4) is 0 Å². The van der Waals surface area contributed by atoms with E-state index in [4.69, 9.17) is 9.47 Å². The first-order valence-electron chi connectivity index (χ1n) is 6.70. The van der Waals surface area contributed by atoms with Crippen LogP contribution < -0.4 is 0 Å². The van der Waals surface area contributed by atoms with Gasteiger partial charge in [0.15, 0.2) is 0 Å². The molecule has 1 heterocycles. The number of hydrogen-bond donors (Lipinski definition) is 0. The molecule has 0 saturated carbocycles. The molecule has 1 saturated heterocycles. The van der Waals surface area contributed by atoms with Crippen LogP contribution in [0.4, 0.5) is 4.79 Å². The molecule has 0 bridgehead atoms. The van der Waals surface area contributed by atoms with E-state index in [-0.39, 0.29) is 12.2 Å². The summed E-state index contributed by atoms with van der Waals surface area (Å²) < 4.78 is 12.2. The topological polar surface area (TPSA) is 38.8 Å². The van der Waals surface area contributed by atoms with Crippen molar-refractivity contribution in [3.05, 3.63) is 34.3 Å². The van der Waals surface area contributed by atoms with E-state index in [0.717, 1.165) is 10.0 Å². The molecular weight excluding hydrogens is 322 g/mol. The van der Waals surface area contributed by atoms with Crippen LogP contribution in [0.1, 0.15) is 32.4 Å². The molecule has 1 fully saturated rings. The third-order valence-corrected chi connectivity index (χ3v) is 3.43.